The molecule has 0 unspecified atom stereocenters. The van der Waals surface area contributed by atoms with Gasteiger partial charge in [-0.1, -0.05) is 36.7 Å². The number of aliphatic hydroxyl groups is 1. The zero-order chi connectivity index (χ0) is 14.0. The van der Waals surface area contributed by atoms with Crippen molar-refractivity contribution in [1.29, 1.82) is 0 Å². The van der Waals surface area contributed by atoms with Crippen molar-refractivity contribution in [1.82, 2.24) is 0 Å². The lowest BCUT2D eigenvalue weighted by Gasteiger charge is -2.36. The van der Waals surface area contributed by atoms with Crippen LogP contribution in [0.3, 0.4) is 0 Å². The van der Waals surface area contributed by atoms with E-state index in [1.807, 2.05) is 18.2 Å². The molecule has 1 N–H and O–H groups in total. The molecule has 0 aliphatic rings. The number of hydrogen-bond donors (Lipinski definition) is 1. The first-order valence-electron chi connectivity index (χ1n) is 6.26. The van der Waals surface area contributed by atoms with Crippen LogP contribution in [0, 0.1) is 0 Å². The molecule has 0 saturated carbocycles. The van der Waals surface area contributed by atoms with E-state index in [1.54, 1.807) is 0 Å². The molecule has 0 spiro atoms. The third-order valence-corrected chi connectivity index (χ3v) is 8.71. The average Bonchev–Trinajstić information content (AvgIpc) is 2.21. The molecule has 0 radical (unpaired) electrons. The molecular formula is C14H23BrO2Si. The Morgan fingerprint density at radius 2 is 1.89 bits per heavy atom. The molecule has 102 valence electrons. The SMILES string of the molecule is CC(C)(C)[Si](C)(C)Oc1ccc(Br)c(CCO)c1. The minimum atomic E-state index is -1.79. The molecular weight excluding hydrogens is 308 g/mol. The zero-order valence-corrected chi connectivity index (χ0v) is 14.5. The normalized spacial score (nSPS) is 12.6. The summed E-state index contributed by atoms with van der Waals surface area (Å²) in [6.45, 7) is 11.3. The second kappa shape index (κ2) is 5.76. The van der Waals surface area contributed by atoms with E-state index in [0.29, 0.717) is 6.42 Å². The monoisotopic (exact) mass is 330 g/mol. The van der Waals surface area contributed by atoms with Gasteiger partial charge in [-0.2, -0.15) is 0 Å². The minimum Gasteiger partial charge on any atom is -0.543 e. The highest BCUT2D eigenvalue weighted by Gasteiger charge is 2.38. The maximum absolute atomic E-state index is 9.04. The predicted molar refractivity (Wildman–Crippen MR) is 82.8 cm³/mol. The maximum Gasteiger partial charge on any atom is 0.250 e. The summed E-state index contributed by atoms with van der Waals surface area (Å²) < 4.78 is 7.27. The fourth-order valence-electron chi connectivity index (χ4n) is 1.37. The minimum absolute atomic E-state index is 0.155. The second-order valence-corrected chi connectivity index (χ2v) is 11.7. The highest BCUT2D eigenvalue weighted by Crippen LogP contribution is 2.37. The van der Waals surface area contributed by atoms with E-state index in [-0.39, 0.29) is 11.6 Å². The Hall–Kier alpha value is -0.323. The molecule has 0 amide bonds. The Labute approximate surface area is 120 Å². The number of halogens is 1. The maximum atomic E-state index is 9.04. The van der Waals surface area contributed by atoms with Crippen molar-refractivity contribution in [2.45, 2.75) is 45.3 Å². The van der Waals surface area contributed by atoms with Crippen LogP contribution in [-0.2, 0) is 6.42 Å². The fourth-order valence-corrected chi connectivity index (χ4v) is 2.84. The van der Waals surface area contributed by atoms with E-state index in [0.717, 1.165) is 15.8 Å². The summed E-state index contributed by atoms with van der Waals surface area (Å²) in [6.07, 6.45) is 0.648. The molecule has 1 aromatic carbocycles. The Morgan fingerprint density at radius 1 is 1.28 bits per heavy atom. The first-order chi connectivity index (χ1) is 8.17. The van der Waals surface area contributed by atoms with Crippen molar-refractivity contribution >= 4 is 24.2 Å². The third kappa shape index (κ3) is 3.83. The van der Waals surface area contributed by atoms with E-state index in [1.165, 1.54) is 0 Å². The van der Waals surface area contributed by atoms with Gasteiger partial charge >= 0.3 is 0 Å². The van der Waals surface area contributed by atoms with Crippen LogP contribution in [0.5, 0.6) is 5.75 Å². The Bertz CT molecular complexity index is 411. The Kier molecular flexibility index (Phi) is 5.03. The molecule has 0 heterocycles. The van der Waals surface area contributed by atoms with E-state index >= 15 is 0 Å². The summed E-state index contributed by atoms with van der Waals surface area (Å²) in [4.78, 5) is 0. The standard InChI is InChI=1S/C14H23BrO2Si/c1-14(2,3)18(4,5)17-12-6-7-13(15)11(10-12)8-9-16/h6-7,10,16H,8-9H2,1-5H3. The van der Waals surface area contributed by atoms with Crippen molar-refractivity contribution in [3.05, 3.63) is 28.2 Å². The first-order valence-corrected chi connectivity index (χ1v) is 9.96. The quantitative estimate of drug-likeness (QED) is 0.830. The molecule has 2 nitrogen and oxygen atoms in total. The smallest absolute Gasteiger partial charge is 0.250 e. The number of hydrogen-bond acceptors (Lipinski definition) is 2. The molecule has 0 saturated heterocycles. The number of rotatable bonds is 4. The van der Waals surface area contributed by atoms with Crippen LogP contribution in [-0.4, -0.2) is 20.0 Å². The molecule has 0 fully saturated rings. The van der Waals surface area contributed by atoms with Gasteiger partial charge in [0, 0.05) is 11.1 Å². The topological polar surface area (TPSA) is 29.5 Å². The Balaban J connectivity index is 2.95. The van der Waals surface area contributed by atoms with Crippen LogP contribution in [0.25, 0.3) is 0 Å². The van der Waals surface area contributed by atoms with Gasteiger partial charge in [-0.3, -0.25) is 0 Å². The lowest BCUT2D eigenvalue weighted by molar-refractivity contribution is 0.299. The summed E-state index contributed by atoms with van der Waals surface area (Å²) in [7, 11) is -1.79. The van der Waals surface area contributed by atoms with Gasteiger partial charge in [0.2, 0.25) is 8.32 Å². The van der Waals surface area contributed by atoms with Gasteiger partial charge in [0.25, 0.3) is 0 Å². The van der Waals surface area contributed by atoms with Crippen LogP contribution in [0.2, 0.25) is 18.1 Å². The lowest BCUT2D eigenvalue weighted by Crippen LogP contribution is -2.43. The summed E-state index contributed by atoms with van der Waals surface area (Å²) in [5, 5.41) is 9.24. The van der Waals surface area contributed by atoms with Gasteiger partial charge in [-0.15, -0.1) is 0 Å². The van der Waals surface area contributed by atoms with Crippen molar-refractivity contribution in [2.75, 3.05) is 6.61 Å². The van der Waals surface area contributed by atoms with Crippen molar-refractivity contribution < 1.29 is 9.53 Å². The van der Waals surface area contributed by atoms with Gasteiger partial charge < -0.3 is 9.53 Å². The zero-order valence-electron chi connectivity index (χ0n) is 11.9. The third-order valence-electron chi connectivity index (χ3n) is 3.58. The van der Waals surface area contributed by atoms with Crippen molar-refractivity contribution in [3.8, 4) is 5.75 Å². The predicted octanol–water partition coefficient (Wildman–Crippen LogP) is 4.37. The second-order valence-electron chi connectivity index (χ2n) is 6.09. The molecule has 0 aliphatic heterocycles. The summed E-state index contributed by atoms with van der Waals surface area (Å²) in [5.41, 5.74) is 1.09. The molecule has 0 aliphatic carbocycles. The van der Waals surface area contributed by atoms with E-state index in [9.17, 15) is 0 Å². The van der Waals surface area contributed by atoms with Crippen LogP contribution in [0.1, 0.15) is 26.3 Å². The first kappa shape index (κ1) is 15.7. The van der Waals surface area contributed by atoms with Gasteiger partial charge in [0.15, 0.2) is 0 Å². The highest BCUT2D eigenvalue weighted by molar-refractivity contribution is 9.10. The highest BCUT2D eigenvalue weighted by atomic mass is 79.9. The van der Waals surface area contributed by atoms with E-state index in [2.05, 4.69) is 49.8 Å². The summed E-state index contributed by atoms with van der Waals surface area (Å²) in [5.74, 6) is 0.910. The number of aliphatic hydroxyl groups excluding tert-OH is 1. The summed E-state index contributed by atoms with van der Waals surface area (Å²) >= 11 is 3.50. The van der Waals surface area contributed by atoms with Crippen LogP contribution < -0.4 is 4.43 Å². The fraction of sp³-hybridized carbons (Fsp3) is 0.571. The van der Waals surface area contributed by atoms with E-state index < -0.39 is 8.32 Å². The molecule has 4 heteroatoms. The van der Waals surface area contributed by atoms with Crippen LogP contribution >= 0.6 is 15.9 Å². The largest absolute Gasteiger partial charge is 0.543 e. The molecule has 1 rings (SSSR count). The van der Waals surface area contributed by atoms with Gasteiger partial charge in [-0.25, -0.2) is 0 Å². The lowest BCUT2D eigenvalue weighted by atomic mass is 10.1. The van der Waals surface area contributed by atoms with Gasteiger partial charge in [-0.05, 0) is 48.3 Å². The average molecular weight is 331 g/mol. The molecule has 18 heavy (non-hydrogen) atoms. The summed E-state index contributed by atoms with van der Waals surface area (Å²) in [6, 6.07) is 6.01. The van der Waals surface area contributed by atoms with Crippen molar-refractivity contribution in [3.63, 3.8) is 0 Å². The number of benzene rings is 1. The molecule has 1 aromatic rings. The Morgan fingerprint density at radius 3 is 2.39 bits per heavy atom. The molecule has 0 atom stereocenters. The van der Waals surface area contributed by atoms with E-state index in [4.69, 9.17) is 9.53 Å². The van der Waals surface area contributed by atoms with Crippen molar-refractivity contribution in [2.24, 2.45) is 0 Å². The van der Waals surface area contributed by atoms with Gasteiger partial charge in [0.05, 0.1) is 0 Å². The van der Waals surface area contributed by atoms with Crippen LogP contribution in [0.15, 0.2) is 22.7 Å². The van der Waals surface area contributed by atoms with Crippen LogP contribution in [0.4, 0.5) is 0 Å². The molecule has 0 aromatic heterocycles. The molecule has 0 bridgehead atoms. The van der Waals surface area contributed by atoms with Gasteiger partial charge in [0.1, 0.15) is 5.75 Å².